The van der Waals surface area contributed by atoms with Crippen molar-refractivity contribution in [1.29, 1.82) is 0 Å². The highest BCUT2D eigenvalue weighted by atomic mass is 19.1. The predicted molar refractivity (Wildman–Crippen MR) is 106 cm³/mol. The molecule has 1 aliphatic carbocycles. The molecule has 3 aromatic heterocycles. The molecule has 2 N–H and O–H groups in total. The molecule has 1 aromatic carbocycles. The second-order valence-corrected chi connectivity index (χ2v) is 7.56. The maximum atomic E-state index is 14.2. The number of aromatic nitrogens is 5. The highest BCUT2D eigenvalue weighted by Crippen LogP contribution is 2.56. The van der Waals surface area contributed by atoms with Crippen molar-refractivity contribution in [2.75, 3.05) is 0 Å². The number of hydrogen-bond donors (Lipinski definition) is 2. The molecule has 0 aliphatic heterocycles. The average Bonchev–Trinajstić information content (AvgIpc) is 3.33. The van der Waals surface area contributed by atoms with Crippen LogP contribution in [0.5, 0.6) is 0 Å². The molecule has 4 aromatic rings. The Morgan fingerprint density at radius 3 is 2.76 bits per heavy atom. The Morgan fingerprint density at radius 1 is 1.17 bits per heavy atom. The third-order valence-corrected chi connectivity index (χ3v) is 5.73. The zero-order valence-electron chi connectivity index (χ0n) is 15.9. The Bertz CT molecular complexity index is 1360. The van der Waals surface area contributed by atoms with Crippen LogP contribution in [0.3, 0.4) is 0 Å². The van der Waals surface area contributed by atoms with Gasteiger partial charge in [0.1, 0.15) is 5.82 Å². The number of aryl methyl sites for hydroxylation is 1. The lowest BCUT2D eigenvalue weighted by molar-refractivity contribution is 0.614. The van der Waals surface area contributed by atoms with E-state index in [1.807, 2.05) is 19.1 Å². The largest absolute Gasteiger partial charge is 0.325 e. The molecule has 3 heterocycles. The van der Waals surface area contributed by atoms with Gasteiger partial charge in [-0.05, 0) is 60.9 Å². The van der Waals surface area contributed by atoms with Crippen molar-refractivity contribution < 1.29 is 4.39 Å². The van der Waals surface area contributed by atoms with Gasteiger partial charge in [0.05, 0.1) is 11.3 Å². The summed E-state index contributed by atoms with van der Waals surface area (Å²) in [5, 5.41) is 4.46. The first-order valence-electron chi connectivity index (χ1n) is 9.35. The van der Waals surface area contributed by atoms with Crippen molar-refractivity contribution in [2.24, 2.45) is 0 Å². The summed E-state index contributed by atoms with van der Waals surface area (Å²) in [5.74, 6) is 0.158. The van der Waals surface area contributed by atoms with Crippen LogP contribution in [0.25, 0.3) is 16.9 Å². The Kier molecular flexibility index (Phi) is 3.77. The molecule has 0 bridgehead atoms. The van der Waals surface area contributed by atoms with E-state index < -0.39 is 11.2 Å². The summed E-state index contributed by atoms with van der Waals surface area (Å²) in [7, 11) is 0. The number of rotatable bonds is 3. The lowest BCUT2D eigenvalue weighted by atomic mass is 10.00. The Hall–Kier alpha value is -3.55. The molecule has 146 valence electrons. The maximum absolute atomic E-state index is 14.2. The number of benzene rings is 1. The Morgan fingerprint density at radius 2 is 2.00 bits per heavy atom. The van der Waals surface area contributed by atoms with Crippen molar-refractivity contribution in [1.82, 2.24) is 24.6 Å². The van der Waals surface area contributed by atoms with Gasteiger partial charge < -0.3 is 4.98 Å². The van der Waals surface area contributed by atoms with Gasteiger partial charge in [0.25, 0.3) is 5.56 Å². The van der Waals surface area contributed by atoms with Crippen LogP contribution in [0.4, 0.5) is 4.39 Å². The van der Waals surface area contributed by atoms with Gasteiger partial charge in [-0.1, -0.05) is 6.07 Å². The van der Waals surface area contributed by atoms with Crippen LogP contribution in [0.2, 0.25) is 0 Å². The lowest BCUT2D eigenvalue weighted by Gasteiger charge is -2.09. The van der Waals surface area contributed by atoms with Gasteiger partial charge in [-0.15, -0.1) is 0 Å². The first-order chi connectivity index (χ1) is 13.9. The van der Waals surface area contributed by atoms with Crippen LogP contribution in [0.1, 0.15) is 40.5 Å². The van der Waals surface area contributed by atoms with Gasteiger partial charge in [-0.2, -0.15) is 5.10 Å². The van der Waals surface area contributed by atoms with E-state index in [9.17, 15) is 14.0 Å². The second kappa shape index (κ2) is 6.23. The van der Waals surface area contributed by atoms with E-state index >= 15 is 0 Å². The normalized spacial score (nSPS) is 18.3. The number of nitrogens with one attached hydrogen (secondary N) is 2. The Labute approximate surface area is 164 Å². The van der Waals surface area contributed by atoms with Gasteiger partial charge in [0, 0.05) is 24.2 Å². The van der Waals surface area contributed by atoms with Crippen molar-refractivity contribution in [3.63, 3.8) is 0 Å². The molecule has 0 saturated heterocycles. The summed E-state index contributed by atoms with van der Waals surface area (Å²) in [5.41, 5.74) is 3.89. The molecule has 0 radical (unpaired) electrons. The molecule has 1 aliphatic rings. The molecule has 1 unspecified atom stereocenters. The second-order valence-electron chi connectivity index (χ2n) is 7.56. The van der Waals surface area contributed by atoms with Crippen LogP contribution in [-0.4, -0.2) is 24.6 Å². The molecule has 5 rings (SSSR count). The van der Waals surface area contributed by atoms with Crippen LogP contribution in [0, 0.1) is 19.7 Å². The van der Waals surface area contributed by atoms with Crippen LogP contribution < -0.4 is 11.2 Å². The van der Waals surface area contributed by atoms with Crippen molar-refractivity contribution in [3.05, 3.63) is 85.7 Å². The fraction of sp³-hybridized carbons (Fsp3) is 0.238. The van der Waals surface area contributed by atoms with E-state index in [1.165, 1.54) is 6.20 Å². The van der Waals surface area contributed by atoms with Crippen molar-refractivity contribution in [3.8, 4) is 11.3 Å². The fourth-order valence-corrected chi connectivity index (χ4v) is 3.91. The molecule has 2 atom stereocenters. The first kappa shape index (κ1) is 17.5. The van der Waals surface area contributed by atoms with Crippen LogP contribution in [0.15, 0.2) is 46.4 Å². The quantitative estimate of drug-likeness (QED) is 0.561. The van der Waals surface area contributed by atoms with Gasteiger partial charge in [0.2, 0.25) is 0 Å². The Balaban J connectivity index is 1.60. The molecule has 0 amide bonds. The van der Waals surface area contributed by atoms with E-state index in [1.54, 1.807) is 29.9 Å². The standard InChI is InChI=1S/C21H18FN5O2/c1-10-5-12(6-17(22)11(10)2)13-7-14(13)15-8-18(26-27-4-3-23-19(15)27)16-9-24-21(29)25-20(16)28/h3-6,8-9,13-14H,7H2,1-2H3,(H2,24,25,28,29)/t13-,14?/m1/s1. The molecule has 29 heavy (non-hydrogen) atoms. The zero-order chi connectivity index (χ0) is 20.3. The van der Waals surface area contributed by atoms with Crippen molar-refractivity contribution in [2.45, 2.75) is 32.1 Å². The summed E-state index contributed by atoms with van der Waals surface area (Å²) >= 11 is 0. The fourth-order valence-electron chi connectivity index (χ4n) is 3.91. The highest BCUT2D eigenvalue weighted by molar-refractivity contribution is 5.63. The molecule has 8 heteroatoms. The molecule has 1 saturated carbocycles. The number of nitrogens with zero attached hydrogens (tertiary/aromatic N) is 3. The van der Waals surface area contributed by atoms with E-state index in [-0.39, 0.29) is 23.2 Å². The van der Waals surface area contributed by atoms with Gasteiger partial charge in [0.15, 0.2) is 5.65 Å². The summed E-state index contributed by atoms with van der Waals surface area (Å²) in [6, 6.07) is 5.50. The summed E-state index contributed by atoms with van der Waals surface area (Å²) < 4.78 is 15.9. The third kappa shape index (κ3) is 2.88. The predicted octanol–water partition coefficient (Wildman–Crippen LogP) is 2.80. The van der Waals surface area contributed by atoms with Crippen LogP contribution in [-0.2, 0) is 0 Å². The minimum atomic E-state index is -0.568. The van der Waals surface area contributed by atoms with Crippen LogP contribution >= 0.6 is 0 Å². The summed E-state index contributed by atoms with van der Waals surface area (Å²) in [6.45, 7) is 3.70. The topological polar surface area (TPSA) is 95.9 Å². The maximum Gasteiger partial charge on any atom is 0.325 e. The lowest BCUT2D eigenvalue weighted by Crippen LogP contribution is -2.23. The number of H-pyrrole nitrogens is 2. The number of fused-ring (bicyclic) bond motifs is 1. The first-order valence-corrected chi connectivity index (χ1v) is 9.35. The van der Waals surface area contributed by atoms with Gasteiger partial charge in [-0.3, -0.25) is 9.78 Å². The van der Waals surface area contributed by atoms with Gasteiger partial charge in [-0.25, -0.2) is 18.7 Å². The van der Waals surface area contributed by atoms with E-state index in [2.05, 4.69) is 20.1 Å². The summed E-state index contributed by atoms with van der Waals surface area (Å²) in [4.78, 5) is 32.7. The smallest absolute Gasteiger partial charge is 0.313 e. The van der Waals surface area contributed by atoms with E-state index in [0.717, 1.165) is 23.1 Å². The zero-order valence-corrected chi connectivity index (χ0v) is 15.9. The number of halogens is 1. The number of aromatic amines is 2. The molecule has 1 fully saturated rings. The molecule has 0 spiro atoms. The number of imidazole rings is 1. The van der Waals surface area contributed by atoms with Crippen molar-refractivity contribution >= 4 is 5.65 Å². The highest BCUT2D eigenvalue weighted by Gasteiger charge is 2.41. The monoisotopic (exact) mass is 391 g/mol. The number of hydrogen-bond acceptors (Lipinski definition) is 4. The minimum absolute atomic E-state index is 0.157. The summed E-state index contributed by atoms with van der Waals surface area (Å²) in [6.07, 6.45) is 5.60. The SMILES string of the molecule is Cc1cc([C@H]2CC2c2cc(-c3c[nH]c(=O)[nH]c3=O)nn3ccnc23)cc(F)c1C. The molecular formula is C21H18FN5O2. The van der Waals surface area contributed by atoms with E-state index in [4.69, 9.17) is 0 Å². The minimum Gasteiger partial charge on any atom is -0.313 e. The average molecular weight is 391 g/mol. The van der Waals surface area contributed by atoms with Gasteiger partial charge >= 0.3 is 5.69 Å². The molecule has 7 nitrogen and oxygen atoms in total. The molecular weight excluding hydrogens is 373 g/mol. The van der Waals surface area contributed by atoms with E-state index in [0.29, 0.717) is 16.9 Å². The third-order valence-electron chi connectivity index (χ3n) is 5.73.